The molecule has 0 amide bonds. The molecule has 1 aromatic carbocycles. The number of fused-ring (bicyclic) bond motifs is 1. The van der Waals surface area contributed by atoms with E-state index in [2.05, 4.69) is 15.3 Å². The lowest BCUT2D eigenvalue weighted by Gasteiger charge is -2.29. The SMILES string of the molecule is C[C@@H](Nc1ncnc2c1cc(C1(F)CCCCC1)c(=O)n2C)c1cccc(C(F)F)c1F. The van der Waals surface area contributed by atoms with Gasteiger partial charge in [-0.1, -0.05) is 24.6 Å². The molecule has 0 spiro atoms. The third-order valence-corrected chi connectivity index (χ3v) is 6.25. The minimum Gasteiger partial charge on any atom is -0.363 e. The zero-order valence-electron chi connectivity index (χ0n) is 17.8. The van der Waals surface area contributed by atoms with Crippen LogP contribution in [0.5, 0.6) is 0 Å². The second-order valence-electron chi connectivity index (χ2n) is 8.32. The summed E-state index contributed by atoms with van der Waals surface area (Å²) in [6.07, 6.45) is 1.17. The molecule has 9 heteroatoms. The highest BCUT2D eigenvalue weighted by molar-refractivity contribution is 5.87. The Balaban J connectivity index is 1.79. The summed E-state index contributed by atoms with van der Waals surface area (Å²) >= 11 is 0. The van der Waals surface area contributed by atoms with Crippen molar-refractivity contribution in [2.75, 3.05) is 5.32 Å². The van der Waals surface area contributed by atoms with E-state index < -0.39 is 35.1 Å². The summed E-state index contributed by atoms with van der Waals surface area (Å²) in [4.78, 5) is 21.3. The van der Waals surface area contributed by atoms with E-state index in [-0.39, 0.29) is 29.8 Å². The van der Waals surface area contributed by atoms with Gasteiger partial charge in [-0.3, -0.25) is 9.36 Å². The summed E-state index contributed by atoms with van der Waals surface area (Å²) in [5, 5.41) is 3.43. The predicted octanol–water partition coefficient (Wildman–Crippen LogP) is 5.71. The van der Waals surface area contributed by atoms with Crippen molar-refractivity contribution in [3.8, 4) is 0 Å². The lowest BCUT2D eigenvalue weighted by molar-refractivity contribution is 0.104. The second-order valence-corrected chi connectivity index (χ2v) is 8.32. The van der Waals surface area contributed by atoms with E-state index >= 15 is 4.39 Å². The van der Waals surface area contributed by atoms with Gasteiger partial charge in [0.1, 0.15) is 29.3 Å². The monoisotopic (exact) mass is 448 g/mol. The molecule has 4 rings (SSSR count). The van der Waals surface area contributed by atoms with Gasteiger partial charge >= 0.3 is 0 Å². The molecule has 1 saturated carbocycles. The number of hydrogen-bond acceptors (Lipinski definition) is 4. The van der Waals surface area contributed by atoms with Crippen LogP contribution >= 0.6 is 0 Å². The molecule has 32 heavy (non-hydrogen) atoms. The number of rotatable bonds is 5. The molecule has 1 fully saturated rings. The van der Waals surface area contributed by atoms with E-state index in [0.29, 0.717) is 23.9 Å². The van der Waals surface area contributed by atoms with Crippen molar-refractivity contribution in [2.45, 2.75) is 57.2 Å². The van der Waals surface area contributed by atoms with Gasteiger partial charge in [0.25, 0.3) is 12.0 Å². The zero-order chi connectivity index (χ0) is 23.0. The molecule has 170 valence electrons. The van der Waals surface area contributed by atoms with Crippen LogP contribution in [0, 0.1) is 5.82 Å². The maximum atomic E-state index is 15.7. The largest absolute Gasteiger partial charge is 0.363 e. The van der Waals surface area contributed by atoms with Gasteiger partial charge in [0, 0.05) is 12.6 Å². The first kappa shape index (κ1) is 22.2. The number of halogens is 4. The van der Waals surface area contributed by atoms with Gasteiger partial charge in [-0.25, -0.2) is 27.5 Å². The topological polar surface area (TPSA) is 59.8 Å². The first-order chi connectivity index (χ1) is 15.2. The molecule has 0 aliphatic heterocycles. The van der Waals surface area contributed by atoms with Crippen LogP contribution in [0.4, 0.5) is 23.4 Å². The fraction of sp³-hybridized carbons (Fsp3) is 0.435. The number of anilines is 1. The van der Waals surface area contributed by atoms with Gasteiger partial charge in [0.2, 0.25) is 0 Å². The Kier molecular flexibility index (Phi) is 5.92. The minimum absolute atomic E-state index is 0.0499. The average molecular weight is 448 g/mol. The van der Waals surface area contributed by atoms with Gasteiger partial charge in [0.15, 0.2) is 0 Å². The number of nitrogens with zero attached hydrogens (tertiary/aromatic N) is 3. The zero-order valence-corrected chi connectivity index (χ0v) is 17.8. The molecule has 0 bridgehead atoms. The van der Waals surface area contributed by atoms with E-state index in [0.717, 1.165) is 12.5 Å². The molecule has 1 aliphatic carbocycles. The fourth-order valence-corrected chi connectivity index (χ4v) is 4.44. The number of aryl methyl sites for hydroxylation is 1. The third kappa shape index (κ3) is 3.84. The molecule has 0 unspecified atom stereocenters. The van der Waals surface area contributed by atoms with E-state index in [1.54, 1.807) is 6.92 Å². The fourth-order valence-electron chi connectivity index (χ4n) is 4.44. The normalized spacial score (nSPS) is 17.0. The van der Waals surface area contributed by atoms with Crippen molar-refractivity contribution in [3.63, 3.8) is 0 Å². The molecule has 2 aromatic heterocycles. The smallest absolute Gasteiger partial charge is 0.266 e. The molecular weight excluding hydrogens is 424 g/mol. The Bertz CT molecular complexity index is 1200. The van der Waals surface area contributed by atoms with Crippen LogP contribution in [0.15, 0.2) is 35.4 Å². The van der Waals surface area contributed by atoms with E-state index in [1.807, 2.05) is 0 Å². The predicted molar refractivity (Wildman–Crippen MR) is 114 cm³/mol. The maximum absolute atomic E-state index is 15.7. The van der Waals surface area contributed by atoms with E-state index in [4.69, 9.17) is 0 Å². The van der Waals surface area contributed by atoms with Crippen LogP contribution in [-0.4, -0.2) is 14.5 Å². The summed E-state index contributed by atoms with van der Waals surface area (Å²) < 4.78 is 57.8. The Morgan fingerprint density at radius 3 is 2.50 bits per heavy atom. The summed E-state index contributed by atoms with van der Waals surface area (Å²) in [7, 11) is 1.52. The van der Waals surface area contributed by atoms with Crippen molar-refractivity contribution >= 4 is 16.9 Å². The van der Waals surface area contributed by atoms with Crippen molar-refractivity contribution in [1.29, 1.82) is 0 Å². The van der Waals surface area contributed by atoms with Crippen LogP contribution in [-0.2, 0) is 12.7 Å². The van der Waals surface area contributed by atoms with Gasteiger partial charge in [-0.2, -0.15) is 0 Å². The number of pyridine rings is 1. The Morgan fingerprint density at radius 1 is 1.12 bits per heavy atom. The average Bonchev–Trinajstić information content (AvgIpc) is 2.76. The summed E-state index contributed by atoms with van der Waals surface area (Å²) in [6.45, 7) is 1.61. The molecule has 1 aliphatic rings. The highest BCUT2D eigenvalue weighted by Crippen LogP contribution is 2.40. The molecule has 1 N–H and O–H groups in total. The van der Waals surface area contributed by atoms with Gasteiger partial charge in [-0.15, -0.1) is 0 Å². The quantitative estimate of drug-likeness (QED) is 0.508. The number of aromatic nitrogens is 3. The molecule has 5 nitrogen and oxygen atoms in total. The standard InChI is InChI=1S/C23H24F4N4O/c1-13(14-7-6-8-15(18(14)24)19(25)26)30-20-16-11-17(23(27)9-4-3-5-10-23)22(32)31(2)21(16)29-12-28-20/h6-8,11-13,19H,3-5,9-10H2,1-2H3,(H,28,29,30)/t13-/m1/s1. The summed E-state index contributed by atoms with van der Waals surface area (Å²) in [6, 6.07) is 4.59. The Morgan fingerprint density at radius 2 is 1.81 bits per heavy atom. The molecule has 0 saturated heterocycles. The second kappa shape index (κ2) is 8.52. The molecule has 1 atom stereocenters. The minimum atomic E-state index is -2.93. The number of hydrogen-bond donors (Lipinski definition) is 1. The number of benzene rings is 1. The maximum Gasteiger partial charge on any atom is 0.266 e. The third-order valence-electron chi connectivity index (χ3n) is 6.25. The van der Waals surface area contributed by atoms with Crippen LogP contribution in [0.25, 0.3) is 11.0 Å². The van der Waals surface area contributed by atoms with Crippen molar-refractivity contribution < 1.29 is 17.6 Å². The molecule has 3 aromatic rings. The van der Waals surface area contributed by atoms with Crippen LogP contribution in [0.1, 0.15) is 68.2 Å². The van der Waals surface area contributed by atoms with Gasteiger partial charge < -0.3 is 5.32 Å². The van der Waals surface area contributed by atoms with Crippen LogP contribution in [0.3, 0.4) is 0 Å². The highest BCUT2D eigenvalue weighted by Gasteiger charge is 2.37. The molecule has 0 radical (unpaired) electrons. The van der Waals surface area contributed by atoms with E-state index in [1.165, 1.54) is 36.1 Å². The molecular formula is C23H24F4N4O. The van der Waals surface area contributed by atoms with Crippen LogP contribution in [0.2, 0.25) is 0 Å². The lowest BCUT2D eigenvalue weighted by atomic mass is 9.81. The summed E-state index contributed by atoms with van der Waals surface area (Å²) in [5.74, 6) is -0.723. The Hall–Kier alpha value is -2.97. The van der Waals surface area contributed by atoms with Crippen LogP contribution < -0.4 is 10.9 Å². The van der Waals surface area contributed by atoms with Crippen molar-refractivity contribution in [3.05, 3.63) is 63.5 Å². The molecule has 2 heterocycles. The van der Waals surface area contributed by atoms with Gasteiger partial charge in [-0.05, 0) is 38.7 Å². The highest BCUT2D eigenvalue weighted by atomic mass is 19.3. The van der Waals surface area contributed by atoms with Crippen molar-refractivity contribution in [1.82, 2.24) is 14.5 Å². The first-order valence-corrected chi connectivity index (χ1v) is 10.6. The first-order valence-electron chi connectivity index (χ1n) is 10.6. The number of nitrogens with one attached hydrogen (secondary N) is 1. The summed E-state index contributed by atoms with van der Waals surface area (Å²) in [5.41, 5.74) is -2.44. The lowest BCUT2D eigenvalue weighted by Crippen LogP contribution is -2.34. The Labute approximate surface area is 182 Å². The number of alkyl halides is 3. The van der Waals surface area contributed by atoms with E-state index in [9.17, 15) is 18.0 Å². The van der Waals surface area contributed by atoms with Crippen molar-refractivity contribution in [2.24, 2.45) is 7.05 Å². The van der Waals surface area contributed by atoms with Gasteiger partial charge in [0.05, 0.1) is 22.6 Å².